The van der Waals surface area contributed by atoms with Crippen molar-refractivity contribution in [2.45, 2.75) is 59.0 Å². The smallest absolute Gasteiger partial charge is 0.323 e. The van der Waals surface area contributed by atoms with Crippen LogP contribution in [0, 0.1) is 5.92 Å². The van der Waals surface area contributed by atoms with Gasteiger partial charge in [0.25, 0.3) is 0 Å². The fourth-order valence-corrected chi connectivity index (χ4v) is 2.59. The molecule has 0 saturated heterocycles. The van der Waals surface area contributed by atoms with Crippen molar-refractivity contribution in [3.8, 4) is 0 Å². The highest BCUT2D eigenvalue weighted by molar-refractivity contribution is 8.00. The van der Waals surface area contributed by atoms with Gasteiger partial charge in [0.15, 0.2) is 0 Å². The Hall–Kier alpha value is -0.750. The average molecular weight is 318 g/mol. The van der Waals surface area contributed by atoms with Crippen molar-refractivity contribution < 1.29 is 14.3 Å². The third kappa shape index (κ3) is 11.6. The zero-order valence-electron chi connectivity index (χ0n) is 13.7. The van der Waals surface area contributed by atoms with E-state index in [0.717, 1.165) is 12.8 Å². The lowest BCUT2D eigenvalue weighted by Gasteiger charge is -2.15. The standard InChI is InChI=1S/C15H30N2O3S/c1-5-20-15(19)13(16)9-21-10-14(18)17-12(4)8-6-7-11(2)3/h11-13H,5-10,16H2,1-4H3,(H,17,18). The van der Waals surface area contributed by atoms with Gasteiger partial charge in [0, 0.05) is 11.8 Å². The van der Waals surface area contributed by atoms with E-state index < -0.39 is 12.0 Å². The van der Waals surface area contributed by atoms with Crippen LogP contribution in [0.2, 0.25) is 0 Å². The largest absolute Gasteiger partial charge is 0.465 e. The van der Waals surface area contributed by atoms with Gasteiger partial charge in [-0.2, -0.15) is 0 Å². The Labute approximate surface area is 132 Å². The van der Waals surface area contributed by atoms with Crippen LogP contribution in [0.5, 0.6) is 0 Å². The van der Waals surface area contributed by atoms with Crippen molar-refractivity contribution in [2.75, 3.05) is 18.1 Å². The third-order valence-corrected chi connectivity index (χ3v) is 4.01. The molecule has 0 spiro atoms. The van der Waals surface area contributed by atoms with E-state index in [1.165, 1.54) is 18.2 Å². The van der Waals surface area contributed by atoms with E-state index in [9.17, 15) is 9.59 Å². The molecule has 0 aromatic rings. The first-order valence-electron chi connectivity index (χ1n) is 7.66. The summed E-state index contributed by atoms with van der Waals surface area (Å²) in [6, 6.07) is -0.471. The van der Waals surface area contributed by atoms with Crippen LogP contribution in [0.15, 0.2) is 0 Å². The number of carbonyl (C=O) groups excluding carboxylic acids is 2. The highest BCUT2D eigenvalue weighted by Gasteiger charge is 2.15. The molecule has 21 heavy (non-hydrogen) atoms. The molecule has 2 unspecified atom stereocenters. The van der Waals surface area contributed by atoms with Gasteiger partial charge in [0.1, 0.15) is 6.04 Å². The normalized spacial score (nSPS) is 13.8. The molecule has 0 saturated carbocycles. The lowest BCUT2D eigenvalue weighted by molar-refractivity contribution is -0.144. The zero-order chi connectivity index (χ0) is 16.3. The van der Waals surface area contributed by atoms with Gasteiger partial charge < -0.3 is 15.8 Å². The highest BCUT2D eigenvalue weighted by atomic mass is 32.2. The number of hydrogen-bond acceptors (Lipinski definition) is 5. The van der Waals surface area contributed by atoms with Gasteiger partial charge in [-0.1, -0.05) is 26.7 Å². The monoisotopic (exact) mass is 318 g/mol. The summed E-state index contributed by atoms with van der Waals surface area (Å²) in [6.07, 6.45) is 3.31. The molecule has 6 heteroatoms. The Morgan fingerprint density at radius 3 is 2.48 bits per heavy atom. The number of esters is 1. The van der Waals surface area contributed by atoms with E-state index in [0.29, 0.717) is 24.0 Å². The predicted octanol–water partition coefficient (Wildman–Crippen LogP) is 1.94. The molecule has 0 aromatic carbocycles. The van der Waals surface area contributed by atoms with Crippen molar-refractivity contribution in [1.29, 1.82) is 0 Å². The summed E-state index contributed by atoms with van der Waals surface area (Å²) in [5, 5.41) is 2.96. The molecule has 1 amide bonds. The van der Waals surface area contributed by atoms with Crippen LogP contribution in [-0.4, -0.2) is 42.1 Å². The molecule has 0 aliphatic rings. The summed E-state index contributed by atoms with van der Waals surface area (Å²) in [4.78, 5) is 23.0. The summed E-state index contributed by atoms with van der Waals surface area (Å²) >= 11 is 1.36. The number of hydrogen-bond donors (Lipinski definition) is 2. The predicted molar refractivity (Wildman–Crippen MR) is 88.2 cm³/mol. The minimum Gasteiger partial charge on any atom is -0.465 e. The van der Waals surface area contributed by atoms with Crippen LogP contribution in [0.25, 0.3) is 0 Å². The zero-order valence-corrected chi connectivity index (χ0v) is 14.5. The lowest BCUT2D eigenvalue weighted by atomic mass is 10.0. The molecule has 0 aliphatic heterocycles. The van der Waals surface area contributed by atoms with Crippen molar-refractivity contribution >= 4 is 23.6 Å². The SMILES string of the molecule is CCOC(=O)C(N)CSCC(=O)NC(C)CCCC(C)C. The van der Waals surface area contributed by atoms with E-state index in [1.807, 2.05) is 6.92 Å². The summed E-state index contributed by atoms with van der Waals surface area (Å²) in [6.45, 7) is 8.49. The van der Waals surface area contributed by atoms with Crippen LogP contribution >= 0.6 is 11.8 Å². The number of nitrogens with one attached hydrogen (secondary N) is 1. The van der Waals surface area contributed by atoms with Gasteiger partial charge in [0.2, 0.25) is 5.91 Å². The van der Waals surface area contributed by atoms with Crippen molar-refractivity contribution in [3.05, 3.63) is 0 Å². The number of ether oxygens (including phenoxy) is 1. The van der Waals surface area contributed by atoms with Gasteiger partial charge in [-0.3, -0.25) is 9.59 Å². The second-order valence-electron chi connectivity index (χ2n) is 5.67. The first-order chi connectivity index (χ1) is 9.86. The Morgan fingerprint density at radius 2 is 1.90 bits per heavy atom. The fourth-order valence-electron chi connectivity index (χ4n) is 1.82. The molecule has 2 atom stereocenters. The van der Waals surface area contributed by atoms with Gasteiger partial charge in [-0.15, -0.1) is 11.8 Å². The van der Waals surface area contributed by atoms with E-state index in [-0.39, 0.29) is 11.9 Å². The second-order valence-corrected chi connectivity index (χ2v) is 6.70. The minimum absolute atomic E-state index is 0.00638. The molecule has 0 bridgehead atoms. The molecule has 0 fully saturated rings. The average Bonchev–Trinajstić information content (AvgIpc) is 2.38. The Kier molecular flexibility index (Phi) is 11.4. The second kappa shape index (κ2) is 11.9. The number of carbonyl (C=O) groups is 2. The number of nitrogens with two attached hydrogens (primary N) is 1. The van der Waals surface area contributed by atoms with E-state index in [1.54, 1.807) is 6.92 Å². The number of amides is 1. The lowest BCUT2D eigenvalue weighted by Crippen LogP contribution is -2.36. The maximum absolute atomic E-state index is 11.7. The summed E-state index contributed by atoms with van der Waals surface area (Å²) < 4.78 is 4.81. The molecule has 124 valence electrons. The Morgan fingerprint density at radius 1 is 1.24 bits per heavy atom. The molecule has 0 rings (SSSR count). The van der Waals surface area contributed by atoms with Crippen molar-refractivity contribution in [1.82, 2.24) is 5.32 Å². The van der Waals surface area contributed by atoms with Crippen LogP contribution in [0.4, 0.5) is 0 Å². The topological polar surface area (TPSA) is 81.4 Å². The number of thioether (sulfide) groups is 1. The van der Waals surface area contributed by atoms with Crippen LogP contribution in [0.1, 0.15) is 47.0 Å². The number of rotatable bonds is 11. The molecular formula is C15H30N2O3S. The molecule has 5 nitrogen and oxygen atoms in total. The molecule has 3 N–H and O–H groups in total. The first kappa shape index (κ1) is 20.2. The fraction of sp³-hybridized carbons (Fsp3) is 0.867. The summed E-state index contributed by atoms with van der Waals surface area (Å²) in [5.74, 6) is 1.00. The van der Waals surface area contributed by atoms with Crippen LogP contribution in [-0.2, 0) is 14.3 Å². The van der Waals surface area contributed by atoms with Gasteiger partial charge in [-0.25, -0.2) is 0 Å². The molecule has 0 heterocycles. The first-order valence-corrected chi connectivity index (χ1v) is 8.81. The maximum Gasteiger partial charge on any atom is 0.323 e. The van der Waals surface area contributed by atoms with Crippen LogP contribution < -0.4 is 11.1 Å². The van der Waals surface area contributed by atoms with Gasteiger partial charge in [-0.05, 0) is 26.2 Å². The van der Waals surface area contributed by atoms with E-state index >= 15 is 0 Å². The Balaban J connectivity index is 3.72. The maximum atomic E-state index is 11.7. The van der Waals surface area contributed by atoms with Crippen LogP contribution in [0.3, 0.4) is 0 Å². The quantitative estimate of drug-likeness (QED) is 0.569. The van der Waals surface area contributed by atoms with Gasteiger partial charge in [0.05, 0.1) is 12.4 Å². The van der Waals surface area contributed by atoms with E-state index in [4.69, 9.17) is 10.5 Å². The molecule has 0 radical (unpaired) electrons. The summed E-state index contributed by atoms with van der Waals surface area (Å²) in [7, 11) is 0. The van der Waals surface area contributed by atoms with Gasteiger partial charge >= 0.3 is 5.97 Å². The summed E-state index contributed by atoms with van der Waals surface area (Å²) in [5.41, 5.74) is 5.66. The minimum atomic E-state index is -0.661. The van der Waals surface area contributed by atoms with E-state index in [2.05, 4.69) is 19.2 Å². The molecule has 0 aliphatic carbocycles. The molecular weight excluding hydrogens is 288 g/mol. The Bertz CT molecular complexity index is 311. The molecule has 0 aromatic heterocycles. The van der Waals surface area contributed by atoms with Crippen molar-refractivity contribution in [2.24, 2.45) is 11.7 Å². The highest BCUT2D eigenvalue weighted by Crippen LogP contribution is 2.09. The van der Waals surface area contributed by atoms with Crippen molar-refractivity contribution in [3.63, 3.8) is 0 Å². The third-order valence-electron chi connectivity index (χ3n) is 2.95.